The Morgan fingerprint density at radius 3 is 2.87 bits per heavy atom. The maximum Gasteiger partial charge on any atom is 0.217 e. The molecule has 1 amide bonds. The summed E-state index contributed by atoms with van der Waals surface area (Å²) in [6.45, 7) is 2.83. The van der Waals surface area contributed by atoms with Gasteiger partial charge in [0.2, 0.25) is 5.91 Å². The van der Waals surface area contributed by atoms with Gasteiger partial charge < -0.3 is 11.1 Å². The molecule has 0 radical (unpaired) electrons. The molecule has 15 heavy (non-hydrogen) atoms. The van der Waals surface area contributed by atoms with E-state index in [4.69, 9.17) is 5.73 Å². The molecule has 0 fully saturated rings. The number of amides is 1. The van der Waals surface area contributed by atoms with E-state index in [0.29, 0.717) is 6.42 Å². The molecule has 4 heteroatoms. The molecule has 0 spiro atoms. The van der Waals surface area contributed by atoms with Gasteiger partial charge in [0.1, 0.15) is 5.82 Å². The van der Waals surface area contributed by atoms with Crippen molar-refractivity contribution in [3.8, 4) is 0 Å². The number of nitrogens with one attached hydrogen (secondary N) is 1. The van der Waals surface area contributed by atoms with Gasteiger partial charge in [-0.15, -0.1) is 0 Å². The van der Waals surface area contributed by atoms with E-state index in [0.717, 1.165) is 30.8 Å². The van der Waals surface area contributed by atoms with Gasteiger partial charge in [0, 0.05) is 19.2 Å². The Bertz CT molecular complexity index is 308. The van der Waals surface area contributed by atoms with Crippen LogP contribution in [0.25, 0.3) is 0 Å². The number of aryl methyl sites for hydroxylation is 1. The summed E-state index contributed by atoms with van der Waals surface area (Å²) in [6, 6.07) is 3.96. The molecule has 1 heterocycles. The summed E-state index contributed by atoms with van der Waals surface area (Å²) in [5.41, 5.74) is 6.18. The molecule has 4 nitrogen and oxygen atoms in total. The Morgan fingerprint density at radius 2 is 2.27 bits per heavy atom. The maximum atomic E-state index is 10.5. The fourth-order valence-corrected chi connectivity index (χ4v) is 1.21. The summed E-state index contributed by atoms with van der Waals surface area (Å²) < 4.78 is 0. The minimum atomic E-state index is -0.233. The topological polar surface area (TPSA) is 68.0 Å². The molecule has 1 aromatic rings. The van der Waals surface area contributed by atoms with Crippen LogP contribution in [0.3, 0.4) is 0 Å². The number of pyridine rings is 1. The fourth-order valence-electron chi connectivity index (χ4n) is 1.21. The molecule has 0 aromatic carbocycles. The minimum absolute atomic E-state index is 0.233. The average Bonchev–Trinajstić information content (AvgIpc) is 2.20. The molecule has 0 saturated heterocycles. The molecule has 1 aromatic heterocycles. The third-order valence-electron chi connectivity index (χ3n) is 2.07. The highest BCUT2D eigenvalue weighted by Gasteiger charge is 1.95. The van der Waals surface area contributed by atoms with Crippen LogP contribution >= 0.6 is 0 Å². The second kappa shape index (κ2) is 6.01. The van der Waals surface area contributed by atoms with Crippen molar-refractivity contribution in [2.24, 2.45) is 5.73 Å². The van der Waals surface area contributed by atoms with Crippen molar-refractivity contribution in [3.05, 3.63) is 23.9 Å². The van der Waals surface area contributed by atoms with E-state index >= 15 is 0 Å². The van der Waals surface area contributed by atoms with E-state index in [1.165, 1.54) is 0 Å². The van der Waals surface area contributed by atoms with Crippen LogP contribution < -0.4 is 11.1 Å². The van der Waals surface area contributed by atoms with Crippen LogP contribution in [0.15, 0.2) is 18.3 Å². The molecule has 0 aliphatic heterocycles. The van der Waals surface area contributed by atoms with E-state index in [9.17, 15) is 4.79 Å². The predicted molar refractivity (Wildman–Crippen MR) is 60.5 cm³/mol. The highest BCUT2D eigenvalue weighted by molar-refractivity contribution is 5.73. The van der Waals surface area contributed by atoms with Crippen molar-refractivity contribution < 1.29 is 4.79 Å². The molecule has 3 N–H and O–H groups in total. The smallest absolute Gasteiger partial charge is 0.217 e. The first kappa shape index (κ1) is 11.5. The predicted octanol–water partition coefficient (Wildman–Crippen LogP) is 1.46. The Hall–Kier alpha value is -1.58. The molecule has 0 aliphatic rings. The summed E-state index contributed by atoms with van der Waals surface area (Å²) in [4.78, 5) is 14.7. The lowest BCUT2D eigenvalue weighted by Crippen LogP contribution is -2.11. The zero-order valence-electron chi connectivity index (χ0n) is 8.99. The van der Waals surface area contributed by atoms with Gasteiger partial charge in [-0.1, -0.05) is 6.07 Å². The van der Waals surface area contributed by atoms with E-state index in [1.807, 2.05) is 25.3 Å². The van der Waals surface area contributed by atoms with Crippen molar-refractivity contribution in [2.75, 3.05) is 11.9 Å². The zero-order chi connectivity index (χ0) is 11.1. The number of nitrogens with zero attached hydrogens (tertiary/aromatic N) is 1. The van der Waals surface area contributed by atoms with Crippen molar-refractivity contribution in [1.29, 1.82) is 0 Å². The summed E-state index contributed by atoms with van der Waals surface area (Å²) in [6.07, 6.45) is 4.04. The van der Waals surface area contributed by atoms with Crippen LogP contribution in [0.2, 0.25) is 0 Å². The van der Waals surface area contributed by atoms with Crippen LogP contribution in [0.1, 0.15) is 24.8 Å². The lowest BCUT2D eigenvalue weighted by molar-refractivity contribution is -0.118. The van der Waals surface area contributed by atoms with Crippen molar-refractivity contribution >= 4 is 11.7 Å². The van der Waals surface area contributed by atoms with Gasteiger partial charge in [0.05, 0.1) is 0 Å². The van der Waals surface area contributed by atoms with Crippen molar-refractivity contribution in [2.45, 2.75) is 26.2 Å². The second-order valence-corrected chi connectivity index (χ2v) is 3.57. The first-order valence-corrected chi connectivity index (χ1v) is 5.13. The highest BCUT2D eigenvalue weighted by Crippen LogP contribution is 2.04. The largest absolute Gasteiger partial charge is 0.370 e. The number of unbranched alkanes of at least 4 members (excludes halogenated alkanes) is 1. The van der Waals surface area contributed by atoms with Crippen LogP contribution in [0.5, 0.6) is 0 Å². The number of carbonyl (C=O) groups is 1. The Morgan fingerprint density at radius 1 is 1.47 bits per heavy atom. The van der Waals surface area contributed by atoms with Gasteiger partial charge in [0.25, 0.3) is 0 Å². The van der Waals surface area contributed by atoms with Crippen LogP contribution in [-0.2, 0) is 4.79 Å². The number of primary amides is 1. The molecule has 0 unspecified atom stereocenters. The van der Waals surface area contributed by atoms with E-state index in [-0.39, 0.29) is 5.91 Å². The van der Waals surface area contributed by atoms with Gasteiger partial charge in [-0.3, -0.25) is 4.79 Å². The maximum absolute atomic E-state index is 10.5. The molecule has 1 rings (SSSR count). The van der Waals surface area contributed by atoms with Gasteiger partial charge in [-0.2, -0.15) is 0 Å². The number of rotatable bonds is 6. The van der Waals surface area contributed by atoms with Crippen molar-refractivity contribution in [1.82, 2.24) is 4.98 Å². The molecular formula is C11H17N3O. The molecular weight excluding hydrogens is 190 g/mol. The van der Waals surface area contributed by atoms with Crippen LogP contribution in [0.4, 0.5) is 5.82 Å². The number of hydrogen-bond donors (Lipinski definition) is 2. The Kier molecular flexibility index (Phi) is 4.60. The summed E-state index contributed by atoms with van der Waals surface area (Å²) in [5.74, 6) is 0.642. The first-order chi connectivity index (χ1) is 7.18. The first-order valence-electron chi connectivity index (χ1n) is 5.13. The monoisotopic (exact) mass is 207 g/mol. The lowest BCUT2D eigenvalue weighted by Gasteiger charge is -2.04. The van der Waals surface area contributed by atoms with E-state index in [2.05, 4.69) is 10.3 Å². The van der Waals surface area contributed by atoms with E-state index in [1.54, 1.807) is 0 Å². The number of carbonyl (C=O) groups excluding carboxylic acids is 1. The Labute approximate surface area is 89.9 Å². The quantitative estimate of drug-likeness (QED) is 0.694. The van der Waals surface area contributed by atoms with E-state index < -0.39 is 0 Å². The fraction of sp³-hybridized carbons (Fsp3) is 0.455. The number of anilines is 1. The zero-order valence-corrected chi connectivity index (χ0v) is 8.99. The average molecular weight is 207 g/mol. The number of hydrogen-bond acceptors (Lipinski definition) is 3. The van der Waals surface area contributed by atoms with Crippen LogP contribution in [0, 0.1) is 6.92 Å². The standard InChI is InChI=1S/C11H17N3O/c1-9-5-6-11(14-8-9)13-7-3-2-4-10(12)15/h5-6,8H,2-4,7H2,1H3,(H2,12,15)(H,13,14). The SMILES string of the molecule is Cc1ccc(NCCCCC(N)=O)nc1. The van der Waals surface area contributed by atoms with Crippen LogP contribution in [-0.4, -0.2) is 17.4 Å². The van der Waals surface area contributed by atoms with Gasteiger partial charge in [-0.05, 0) is 31.4 Å². The number of aromatic nitrogens is 1. The normalized spacial score (nSPS) is 9.93. The Balaban J connectivity index is 2.15. The van der Waals surface area contributed by atoms with Gasteiger partial charge in [-0.25, -0.2) is 4.98 Å². The summed E-state index contributed by atoms with van der Waals surface area (Å²) in [5, 5.41) is 3.18. The molecule has 0 atom stereocenters. The minimum Gasteiger partial charge on any atom is -0.370 e. The highest BCUT2D eigenvalue weighted by atomic mass is 16.1. The third kappa shape index (κ3) is 5.00. The lowest BCUT2D eigenvalue weighted by atomic mass is 10.2. The summed E-state index contributed by atoms with van der Waals surface area (Å²) >= 11 is 0. The molecule has 0 bridgehead atoms. The molecule has 0 saturated carbocycles. The van der Waals surface area contributed by atoms with Gasteiger partial charge in [0.15, 0.2) is 0 Å². The van der Waals surface area contributed by atoms with Gasteiger partial charge >= 0.3 is 0 Å². The summed E-state index contributed by atoms with van der Waals surface area (Å²) in [7, 11) is 0. The molecule has 0 aliphatic carbocycles. The second-order valence-electron chi connectivity index (χ2n) is 3.57. The molecule has 82 valence electrons. The third-order valence-corrected chi connectivity index (χ3v) is 2.07. The number of nitrogens with two attached hydrogens (primary N) is 1. The van der Waals surface area contributed by atoms with Crippen molar-refractivity contribution in [3.63, 3.8) is 0 Å².